The highest BCUT2D eigenvalue weighted by atomic mass is 32.2. The fourth-order valence-corrected chi connectivity index (χ4v) is 3.28. The number of rotatable bonds is 8. The molecule has 0 fully saturated rings. The molecule has 6 nitrogen and oxygen atoms in total. The summed E-state index contributed by atoms with van der Waals surface area (Å²) in [5, 5.41) is 2.81. The molecule has 3 N–H and O–H groups in total. The van der Waals surface area contributed by atoms with Crippen LogP contribution in [0, 0.1) is 6.92 Å². The first-order valence-electron chi connectivity index (χ1n) is 8.48. The summed E-state index contributed by atoms with van der Waals surface area (Å²) >= 11 is 1.15. The van der Waals surface area contributed by atoms with Gasteiger partial charge in [0, 0.05) is 10.6 Å². The predicted molar refractivity (Wildman–Crippen MR) is 106 cm³/mol. The summed E-state index contributed by atoms with van der Waals surface area (Å²) in [6, 6.07) is 12.5. The van der Waals surface area contributed by atoms with Gasteiger partial charge in [-0.15, -0.1) is 11.8 Å². The number of ether oxygens (including phenoxy) is 1. The quantitative estimate of drug-likeness (QED) is 0.537. The maximum Gasteiger partial charge on any atom is 0.339 e. The van der Waals surface area contributed by atoms with E-state index < -0.39 is 24.4 Å². The van der Waals surface area contributed by atoms with E-state index >= 15 is 0 Å². The van der Waals surface area contributed by atoms with Gasteiger partial charge in [0.15, 0.2) is 6.61 Å². The van der Waals surface area contributed by atoms with Crippen molar-refractivity contribution in [2.75, 3.05) is 17.7 Å². The largest absolute Gasteiger partial charge is 0.452 e. The van der Waals surface area contributed by atoms with Crippen molar-refractivity contribution >= 4 is 35.2 Å². The lowest BCUT2D eigenvalue weighted by Crippen LogP contribution is -2.22. The molecule has 142 valence electrons. The number of hydrogen-bond acceptors (Lipinski definition) is 5. The standard InChI is InChI=1S/C20H22N2O4S/c1-3-14-8-6-7-13(2)19(14)22-18(24)11-26-20(25)15-9-4-5-10-16(15)27-12-17(21)23/h4-10H,3,11-12H2,1-2H3,(H2,21,23)(H,22,24). The molecule has 2 aromatic carbocycles. The van der Waals surface area contributed by atoms with Crippen LogP contribution in [0.25, 0.3) is 0 Å². The number of amides is 2. The Balaban J connectivity index is 2.00. The van der Waals surface area contributed by atoms with Gasteiger partial charge in [-0.3, -0.25) is 9.59 Å². The topological polar surface area (TPSA) is 98.5 Å². The molecule has 0 heterocycles. The number of para-hydroxylation sites is 1. The van der Waals surface area contributed by atoms with Crippen LogP contribution >= 0.6 is 11.8 Å². The molecule has 0 spiro atoms. The first-order chi connectivity index (χ1) is 12.9. The first-order valence-corrected chi connectivity index (χ1v) is 9.46. The van der Waals surface area contributed by atoms with Crippen LogP contribution < -0.4 is 11.1 Å². The second kappa shape index (κ2) is 9.78. The van der Waals surface area contributed by atoms with Gasteiger partial charge in [0.2, 0.25) is 5.91 Å². The Morgan fingerprint density at radius 3 is 2.56 bits per heavy atom. The molecule has 27 heavy (non-hydrogen) atoms. The van der Waals surface area contributed by atoms with Crippen LogP contribution in [-0.4, -0.2) is 30.1 Å². The minimum Gasteiger partial charge on any atom is -0.452 e. The molecule has 2 rings (SSSR count). The summed E-state index contributed by atoms with van der Waals surface area (Å²) in [5.74, 6) is -1.46. The zero-order chi connectivity index (χ0) is 19.8. The summed E-state index contributed by atoms with van der Waals surface area (Å²) in [4.78, 5) is 36.1. The Labute approximate surface area is 162 Å². The van der Waals surface area contributed by atoms with E-state index in [-0.39, 0.29) is 5.75 Å². The number of aryl methyl sites for hydroxylation is 2. The molecule has 0 aliphatic rings. The summed E-state index contributed by atoms with van der Waals surface area (Å²) in [7, 11) is 0. The highest BCUT2D eigenvalue weighted by molar-refractivity contribution is 8.00. The summed E-state index contributed by atoms with van der Waals surface area (Å²) in [6.07, 6.45) is 0.779. The van der Waals surface area contributed by atoms with Crippen molar-refractivity contribution in [1.82, 2.24) is 0 Å². The van der Waals surface area contributed by atoms with Gasteiger partial charge < -0.3 is 15.8 Å². The minimum atomic E-state index is -0.627. The lowest BCUT2D eigenvalue weighted by atomic mass is 10.1. The number of carbonyl (C=O) groups excluding carboxylic acids is 3. The van der Waals surface area contributed by atoms with Crippen LogP contribution in [0.3, 0.4) is 0 Å². The van der Waals surface area contributed by atoms with Gasteiger partial charge in [0.05, 0.1) is 11.3 Å². The minimum absolute atomic E-state index is 0.0534. The highest BCUT2D eigenvalue weighted by Gasteiger charge is 2.16. The monoisotopic (exact) mass is 386 g/mol. The fourth-order valence-electron chi connectivity index (χ4n) is 2.50. The van der Waals surface area contributed by atoms with Crippen molar-refractivity contribution < 1.29 is 19.1 Å². The normalized spacial score (nSPS) is 10.3. The van der Waals surface area contributed by atoms with Crippen molar-refractivity contribution in [2.45, 2.75) is 25.2 Å². The third-order valence-electron chi connectivity index (χ3n) is 3.82. The molecular weight excluding hydrogens is 364 g/mol. The second-order valence-corrected chi connectivity index (χ2v) is 6.86. The van der Waals surface area contributed by atoms with Gasteiger partial charge >= 0.3 is 5.97 Å². The number of carbonyl (C=O) groups is 3. The summed E-state index contributed by atoms with van der Waals surface area (Å²) in [5.41, 5.74) is 8.15. The maximum absolute atomic E-state index is 12.3. The SMILES string of the molecule is CCc1cccc(C)c1NC(=O)COC(=O)c1ccccc1SCC(N)=O. The summed E-state index contributed by atoms with van der Waals surface area (Å²) < 4.78 is 5.14. The van der Waals surface area contributed by atoms with Gasteiger partial charge in [-0.25, -0.2) is 4.79 Å². The smallest absolute Gasteiger partial charge is 0.339 e. The van der Waals surface area contributed by atoms with Crippen LogP contribution in [0.4, 0.5) is 5.69 Å². The second-order valence-electron chi connectivity index (χ2n) is 5.84. The third-order valence-corrected chi connectivity index (χ3v) is 4.91. The first kappa shape index (κ1) is 20.5. The fraction of sp³-hybridized carbons (Fsp3) is 0.250. The van der Waals surface area contributed by atoms with Crippen LogP contribution in [0.15, 0.2) is 47.4 Å². The third kappa shape index (κ3) is 5.86. The number of benzene rings is 2. The average Bonchev–Trinajstić information content (AvgIpc) is 2.66. The molecule has 0 saturated carbocycles. The zero-order valence-corrected chi connectivity index (χ0v) is 16.1. The molecule has 7 heteroatoms. The molecule has 0 bridgehead atoms. The molecular formula is C20H22N2O4S. The molecule has 0 atom stereocenters. The number of primary amides is 1. The van der Waals surface area contributed by atoms with Crippen LogP contribution in [0.5, 0.6) is 0 Å². The number of anilines is 1. The van der Waals surface area contributed by atoms with Crippen LogP contribution in [0.2, 0.25) is 0 Å². The van der Waals surface area contributed by atoms with Crippen LogP contribution in [0.1, 0.15) is 28.4 Å². The van der Waals surface area contributed by atoms with E-state index in [1.807, 2.05) is 32.0 Å². The number of nitrogens with two attached hydrogens (primary N) is 1. The van der Waals surface area contributed by atoms with Crippen molar-refractivity contribution in [1.29, 1.82) is 0 Å². The number of nitrogens with one attached hydrogen (secondary N) is 1. The number of hydrogen-bond donors (Lipinski definition) is 2. The van der Waals surface area contributed by atoms with Crippen molar-refractivity contribution in [3.63, 3.8) is 0 Å². The number of esters is 1. The Hall–Kier alpha value is -2.80. The average molecular weight is 386 g/mol. The molecule has 2 amide bonds. The van der Waals surface area contributed by atoms with Gasteiger partial charge in [0.25, 0.3) is 5.91 Å². The lowest BCUT2D eigenvalue weighted by molar-refractivity contribution is -0.119. The van der Waals surface area contributed by atoms with E-state index in [0.29, 0.717) is 10.5 Å². The van der Waals surface area contributed by atoms with E-state index in [9.17, 15) is 14.4 Å². The Morgan fingerprint density at radius 2 is 1.85 bits per heavy atom. The molecule has 0 radical (unpaired) electrons. The van der Waals surface area contributed by atoms with Crippen LogP contribution in [-0.2, 0) is 20.7 Å². The molecule has 0 aliphatic heterocycles. The predicted octanol–water partition coefficient (Wildman–Crippen LogP) is 2.93. The van der Waals surface area contributed by atoms with E-state index in [0.717, 1.165) is 35.0 Å². The molecule has 0 aliphatic carbocycles. The van der Waals surface area contributed by atoms with Gasteiger partial charge in [0.1, 0.15) is 0 Å². The van der Waals surface area contributed by atoms with Crippen molar-refractivity contribution in [2.24, 2.45) is 5.73 Å². The molecule has 0 unspecified atom stereocenters. The van der Waals surface area contributed by atoms with Gasteiger partial charge in [-0.05, 0) is 36.6 Å². The highest BCUT2D eigenvalue weighted by Crippen LogP contribution is 2.23. The Morgan fingerprint density at radius 1 is 1.11 bits per heavy atom. The van der Waals surface area contributed by atoms with Gasteiger partial charge in [-0.2, -0.15) is 0 Å². The zero-order valence-electron chi connectivity index (χ0n) is 15.3. The van der Waals surface area contributed by atoms with E-state index in [2.05, 4.69) is 5.32 Å². The molecule has 0 aromatic heterocycles. The van der Waals surface area contributed by atoms with E-state index in [1.54, 1.807) is 24.3 Å². The van der Waals surface area contributed by atoms with Crippen molar-refractivity contribution in [3.05, 3.63) is 59.2 Å². The maximum atomic E-state index is 12.3. The lowest BCUT2D eigenvalue weighted by Gasteiger charge is -2.13. The Kier molecular flexibility index (Phi) is 7.43. The van der Waals surface area contributed by atoms with E-state index in [1.165, 1.54) is 0 Å². The van der Waals surface area contributed by atoms with Crippen molar-refractivity contribution in [3.8, 4) is 0 Å². The number of thioether (sulfide) groups is 1. The van der Waals surface area contributed by atoms with E-state index in [4.69, 9.17) is 10.5 Å². The Bertz CT molecular complexity index is 852. The molecule has 2 aromatic rings. The van der Waals surface area contributed by atoms with Gasteiger partial charge in [-0.1, -0.05) is 37.3 Å². The summed E-state index contributed by atoms with van der Waals surface area (Å²) in [6.45, 7) is 3.52. The molecule has 0 saturated heterocycles.